The summed E-state index contributed by atoms with van der Waals surface area (Å²) in [6, 6.07) is -3.14. The highest BCUT2D eigenvalue weighted by Crippen LogP contribution is 2.03. The van der Waals surface area contributed by atoms with Gasteiger partial charge in [0, 0.05) is 0 Å². The van der Waals surface area contributed by atoms with E-state index < -0.39 is 42.0 Å². The first-order chi connectivity index (χ1) is 9.07. The highest BCUT2D eigenvalue weighted by molar-refractivity contribution is 5.91. The summed E-state index contributed by atoms with van der Waals surface area (Å²) in [5.41, 5.74) is 5.47. The van der Waals surface area contributed by atoms with Gasteiger partial charge in [0.1, 0.15) is 18.1 Å². The van der Waals surface area contributed by atoms with Gasteiger partial charge in [-0.25, -0.2) is 0 Å². The Balaban J connectivity index is 4.77. The minimum atomic E-state index is -1.17. The summed E-state index contributed by atoms with van der Waals surface area (Å²) < 4.78 is 0. The number of rotatable bonds is 7. The van der Waals surface area contributed by atoms with Crippen LogP contribution < -0.4 is 16.4 Å². The average Bonchev–Trinajstić information content (AvgIpc) is 2.33. The number of hydrogen-bond acceptors (Lipinski definition) is 5. The van der Waals surface area contributed by atoms with E-state index in [2.05, 4.69) is 10.6 Å². The van der Waals surface area contributed by atoms with Crippen molar-refractivity contribution in [2.75, 3.05) is 0 Å². The molecule has 0 saturated carbocycles. The predicted molar refractivity (Wildman–Crippen MR) is 71.7 cm³/mol. The number of carbonyl (C=O) groups is 3. The van der Waals surface area contributed by atoms with E-state index in [1.165, 1.54) is 13.8 Å². The number of aliphatic carboxylic acids is 1. The molecule has 6 N–H and O–H groups in total. The number of carboxylic acid groups (broad SMARTS) is 1. The van der Waals surface area contributed by atoms with Crippen molar-refractivity contribution in [3.05, 3.63) is 0 Å². The maximum absolute atomic E-state index is 11.9. The summed E-state index contributed by atoms with van der Waals surface area (Å²) in [6.45, 7) is 6.08. The molecule has 0 saturated heterocycles. The Morgan fingerprint density at radius 1 is 1.00 bits per heavy atom. The lowest BCUT2D eigenvalue weighted by atomic mass is 10.0. The Hall–Kier alpha value is -1.67. The highest BCUT2D eigenvalue weighted by Gasteiger charge is 2.29. The summed E-state index contributed by atoms with van der Waals surface area (Å²) in [4.78, 5) is 34.4. The molecule has 2 amide bonds. The van der Waals surface area contributed by atoms with Gasteiger partial charge in [-0.05, 0) is 19.8 Å². The zero-order valence-corrected chi connectivity index (χ0v) is 12.1. The van der Waals surface area contributed by atoms with Crippen LogP contribution in [0.5, 0.6) is 0 Å². The molecule has 0 aliphatic heterocycles. The molecule has 0 aliphatic carbocycles. The molecule has 4 unspecified atom stereocenters. The molecule has 0 rings (SSSR count). The summed E-state index contributed by atoms with van der Waals surface area (Å²) in [5, 5.41) is 22.7. The van der Waals surface area contributed by atoms with E-state index in [0.717, 1.165) is 0 Å². The van der Waals surface area contributed by atoms with Crippen LogP contribution in [0.1, 0.15) is 27.7 Å². The van der Waals surface area contributed by atoms with Crippen molar-refractivity contribution >= 4 is 17.8 Å². The number of nitrogens with one attached hydrogen (secondary N) is 2. The topological polar surface area (TPSA) is 142 Å². The van der Waals surface area contributed by atoms with Crippen LogP contribution in [0.3, 0.4) is 0 Å². The third-order valence-corrected chi connectivity index (χ3v) is 2.80. The molecule has 0 fully saturated rings. The van der Waals surface area contributed by atoms with Crippen LogP contribution in [0, 0.1) is 5.92 Å². The van der Waals surface area contributed by atoms with Gasteiger partial charge in [0.05, 0.1) is 6.10 Å². The first-order valence-corrected chi connectivity index (χ1v) is 6.35. The molecule has 0 spiro atoms. The minimum Gasteiger partial charge on any atom is -0.480 e. The van der Waals surface area contributed by atoms with Gasteiger partial charge in [0.15, 0.2) is 0 Å². The van der Waals surface area contributed by atoms with Crippen LogP contribution in [-0.4, -0.2) is 52.2 Å². The molecule has 0 aromatic carbocycles. The van der Waals surface area contributed by atoms with Gasteiger partial charge in [-0.2, -0.15) is 0 Å². The van der Waals surface area contributed by atoms with Crippen molar-refractivity contribution < 1.29 is 24.6 Å². The SMILES string of the molecule is CC(NC(=O)C(NC(=O)C(N)C(C)O)C(C)C)C(=O)O. The maximum Gasteiger partial charge on any atom is 0.325 e. The Kier molecular flexibility index (Phi) is 7.16. The van der Waals surface area contributed by atoms with Crippen molar-refractivity contribution in [1.82, 2.24) is 10.6 Å². The smallest absolute Gasteiger partial charge is 0.325 e. The van der Waals surface area contributed by atoms with E-state index in [1.54, 1.807) is 13.8 Å². The number of nitrogens with two attached hydrogens (primary N) is 1. The molecule has 0 aromatic rings. The minimum absolute atomic E-state index is 0.263. The second kappa shape index (κ2) is 7.81. The molecule has 4 atom stereocenters. The zero-order valence-electron chi connectivity index (χ0n) is 12.1. The molecule has 8 heteroatoms. The van der Waals surface area contributed by atoms with Crippen LogP contribution in [0.25, 0.3) is 0 Å². The van der Waals surface area contributed by atoms with E-state index in [9.17, 15) is 19.5 Å². The molecule has 0 heterocycles. The maximum atomic E-state index is 11.9. The first-order valence-electron chi connectivity index (χ1n) is 6.35. The van der Waals surface area contributed by atoms with E-state index >= 15 is 0 Å². The summed E-state index contributed by atoms with van der Waals surface area (Å²) in [5.74, 6) is -2.72. The molecule has 0 bridgehead atoms. The molecule has 0 aromatic heterocycles. The largest absolute Gasteiger partial charge is 0.480 e. The van der Waals surface area contributed by atoms with Crippen molar-refractivity contribution in [2.45, 2.75) is 51.9 Å². The molecule has 0 aliphatic rings. The summed E-state index contributed by atoms with van der Waals surface area (Å²) >= 11 is 0. The highest BCUT2D eigenvalue weighted by atomic mass is 16.4. The number of carboxylic acids is 1. The van der Waals surface area contributed by atoms with E-state index in [1.807, 2.05) is 0 Å². The predicted octanol–water partition coefficient (Wildman–Crippen LogP) is -1.58. The normalized spacial score (nSPS) is 16.9. The summed E-state index contributed by atoms with van der Waals surface area (Å²) in [6.07, 6.45) is -1.05. The van der Waals surface area contributed by atoms with E-state index in [4.69, 9.17) is 10.8 Å². The van der Waals surface area contributed by atoms with Gasteiger partial charge in [-0.15, -0.1) is 0 Å². The van der Waals surface area contributed by atoms with Crippen LogP contribution in [0.15, 0.2) is 0 Å². The van der Waals surface area contributed by atoms with E-state index in [0.29, 0.717) is 0 Å². The lowest BCUT2D eigenvalue weighted by Gasteiger charge is -2.25. The average molecular weight is 289 g/mol. The van der Waals surface area contributed by atoms with Gasteiger partial charge >= 0.3 is 5.97 Å². The molecule has 20 heavy (non-hydrogen) atoms. The van der Waals surface area contributed by atoms with Gasteiger partial charge < -0.3 is 26.6 Å². The molecule has 8 nitrogen and oxygen atoms in total. The second-order valence-electron chi connectivity index (χ2n) is 5.07. The lowest BCUT2D eigenvalue weighted by Crippen LogP contribution is -2.57. The van der Waals surface area contributed by atoms with Crippen molar-refractivity contribution in [3.8, 4) is 0 Å². The van der Waals surface area contributed by atoms with Crippen molar-refractivity contribution in [1.29, 1.82) is 0 Å². The second-order valence-corrected chi connectivity index (χ2v) is 5.07. The fourth-order valence-corrected chi connectivity index (χ4v) is 1.37. The molecular weight excluding hydrogens is 266 g/mol. The van der Waals surface area contributed by atoms with Crippen molar-refractivity contribution in [3.63, 3.8) is 0 Å². The van der Waals surface area contributed by atoms with Gasteiger partial charge in [-0.1, -0.05) is 13.8 Å². The van der Waals surface area contributed by atoms with Crippen LogP contribution in [0.4, 0.5) is 0 Å². The van der Waals surface area contributed by atoms with Crippen molar-refractivity contribution in [2.24, 2.45) is 11.7 Å². The molecular formula is C12H23N3O5. The number of hydrogen-bond donors (Lipinski definition) is 5. The molecule has 0 radical (unpaired) electrons. The van der Waals surface area contributed by atoms with Gasteiger partial charge in [0.2, 0.25) is 11.8 Å². The third kappa shape index (κ3) is 5.54. The fraction of sp³-hybridized carbons (Fsp3) is 0.750. The summed E-state index contributed by atoms with van der Waals surface area (Å²) in [7, 11) is 0. The van der Waals surface area contributed by atoms with E-state index in [-0.39, 0.29) is 5.92 Å². The number of carbonyl (C=O) groups excluding carboxylic acids is 2. The van der Waals surface area contributed by atoms with Crippen LogP contribution >= 0.6 is 0 Å². The number of amides is 2. The number of aliphatic hydroxyl groups excluding tert-OH is 1. The molecule has 116 valence electrons. The lowest BCUT2D eigenvalue weighted by molar-refractivity contribution is -0.142. The monoisotopic (exact) mass is 289 g/mol. The van der Waals surface area contributed by atoms with Crippen LogP contribution in [-0.2, 0) is 14.4 Å². The van der Waals surface area contributed by atoms with Gasteiger partial charge in [0.25, 0.3) is 0 Å². The Bertz CT molecular complexity index is 370. The van der Waals surface area contributed by atoms with Crippen LogP contribution in [0.2, 0.25) is 0 Å². The standard InChI is InChI=1S/C12H23N3O5/c1-5(2)9(11(18)14-6(3)12(19)20)15-10(17)8(13)7(4)16/h5-9,16H,13H2,1-4H3,(H,14,18)(H,15,17)(H,19,20). The zero-order chi connectivity index (χ0) is 16.0. The Morgan fingerprint density at radius 2 is 1.50 bits per heavy atom. The van der Waals surface area contributed by atoms with Gasteiger partial charge in [-0.3, -0.25) is 14.4 Å². The Morgan fingerprint density at radius 3 is 1.85 bits per heavy atom. The third-order valence-electron chi connectivity index (χ3n) is 2.80. The quantitative estimate of drug-likeness (QED) is 0.383. The number of aliphatic hydroxyl groups is 1. The Labute approximate surface area is 117 Å². The fourth-order valence-electron chi connectivity index (χ4n) is 1.37. The first kappa shape index (κ1) is 18.3.